The Bertz CT molecular complexity index is 270. The highest BCUT2D eigenvalue weighted by Gasteiger charge is 2.36. The molecule has 2 rings (SSSR count). The van der Waals surface area contributed by atoms with Gasteiger partial charge in [-0.2, -0.15) is 0 Å². The van der Waals surface area contributed by atoms with Crippen molar-refractivity contribution in [2.24, 2.45) is 5.92 Å². The van der Waals surface area contributed by atoms with E-state index in [1.807, 2.05) is 0 Å². The normalized spacial score (nSPS) is 34.4. The van der Waals surface area contributed by atoms with Crippen molar-refractivity contribution >= 4 is 5.97 Å². The molecule has 0 amide bonds. The molecule has 2 saturated heterocycles. The Hall–Kier alpha value is -0.610. The number of fused-ring (bicyclic) bond motifs is 1. The summed E-state index contributed by atoms with van der Waals surface area (Å²) in [7, 11) is 2.20. The second kappa shape index (κ2) is 4.72. The van der Waals surface area contributed by atoms with Crippen molar-refractivity contribution in [2.75, 3.05) is 26.7 Å². The lowest BCUT2D eigenvalue weighted by molar-refractivity contribution is -0.144. The third-order valence-electron chi connectivity index (χ3n) is 4.28. The summed E-state index contributed by atoms with van der Waals surface area (Å²) in [5.41, 5.74) is 0. The van der Waals surface area contributed by atoms with Crippen molar-refractivity contribution in [3.63, 3.8) is 0 Å². The van der Waals surface area contributed by atoms with Gasteiger partial charge in [0.05, 0.1) is 0 Å². The van der Waals surface area contributed by atoms with E-state index in [0.717, 1.165) is 19.5 Å². The van der Waals surface area contributed by atoms with E-state index in [2.05, 4.69) is 16.8 Å². The average molecular weight is 226 g/mol. The maximum atomic E-state index is 11.0. The first kappa shape index (κ1) is 11.9. The summed E-state index contributed by atoms with van der Waals surface area (Å²) >= 11 is 0. The van der Waals surface area contributed by atoms with Gasteiger partial charge in [0.2, 0.25) is 0 Å². The highest BCUT2D eigenvalue weighted by Crippen LogP contribution is 2.30. The summed E-state index contributed by atoms with van der Waals surface area (Å²) in [4.78, 5) is 15.6. The van der Waals surface area contributed by atoms with Gasteiger partial charge < -0.3 is 10.0 Å². The lowest BCUT2D eigenvalue weighted by Crippen LogP contribution is -2.55. The zero-order valence-electron chi connectivity index (χ0n) is 10.2. The molecule has 2 heterocycles. The Kier molecular flexibility index (Phi) is 3.50. The number of rotatable bonds is 2. The number of carboxylic acids is 1. The molecule has 0 saturated carbocycles. The molecule has 3 atom stereocenters. The smallest absolute Gasteiger partial charge is 0.320 e. The van der Waals surface area contributed by atoms with Crippen LogP contribution in [0.4, 0.5) is 0 Å². The number of likely N-dealkylation sites (tertiary alicyclic amines) is 2. The highest BCUT2D eigenvalue weighted by molar-refractivity contribution is 5.72. The summed E-state index contributed by atoms with van der Waals surface area (Å²) in [6.07, 6.45) is 3.64. The van der Waals surface area contributed by atoms with E-state index in [0.29, 0.717) is 12.0 Å². The van der Waals surface area contributed by atoms with Crippen LogP contribution in [0.15, 0.2) is 0 Å². The van der Waals surface area contributed by atoms with Gasteiger partial charge >= 0.3 is 5.97 Å². The molecule has 0 aromatic heterocycles. The largest absolute Gasteiger partial charge is 0.480 e. The van der Waals surface area contributed by atoms with E-state index >= 15 is 0 Å². The molecule has 2 aliphatic heterocycles. The van der Waals surface area contributed by atoms with Gasteiger partial charge in [0.25, 0.3) is 0 Å². The predicted octanol–water partition coefficient (Wildman–Crippen LogP) is 0.876. The molecule has 4 nitrogen and oxygen atoms in total. The minimum atomic E-state index is -0.692. The van der Waals surface area contributed by atoms with Gasteiger partial charge in [0, 0.05) is 19.1 Å². The monoisotopic (exact) mass is 226 g/mol. The van der Waals surface area contributed by atoms with Crippen molar-refractivity contribution in [3.8, 4) is 0 Å². The van der Waals surface area contributed by atoms with Gasteiger partial charge in [-0.05, 0) is 45.7 Å². The van der Waals surface area contributed by atoms with Crippen LogP contribution in [-0.4, -0.2) is 59.6 Å². The fourth-order valence-corrected chi connectivity index (χ4v) is 3.19. The summed E-state index contributed by atoms with van der Waals surface area (Å²) in [6.45, 7) is 4.90. The van der Waals surface area contributed by atoms with Gasteiger partial charge in [-0.15, -0.1) is 0 Å². The Labute approximate surface area is 97.2 Å². The first-order chi connectivity index (χ1) is 7.59. The van der Waals surface area contributed by atoms with Crippen LogP contribution < -0.4 is 0 Å². The molecule has 16 heavy (non-hydrogen) atoms. The molecule has 0 radical (unpaired) electrons. The number of carboxylic acid groups (broad SMARTS) is 1. The van der Waals surface area contributed by atoms with Crippen LogP contribution in [0.2, 0.25) is 0 Å². The summed E-state index contributed by atoms with van der Waals surface area (Å²) < 4.78 is 0. The lowest BCUT2D eigenvalue weighted by atomic mass is 9.84. The molecule has 2 aliphatic rings. The molecule has 92 valence electrons. The number of hydrogen-bond acceptors (Lipinski definition) is 3. The maximum Gasteiger partial charge on any atom is 0.320 e. The second-order valence-electron chi connectivity index (χ2n) is 5.25. The fourth-order valence-electron chi connectivity index (χ4n) is 3.19. The number of nitrogens with zero attached hydrogens (tertiary/aromatic N) is 2. The van der Waals surface area contributed by atoms with E-state index in [1.165, 1.54) is 19.4 Å². The van der Waals surface area contributed by atoms with Gasteiger partial charge in [0.1, 0.15) is 6.04 Å². The first-order valence-electron chi connectivity index (χ1n) is 6.26. The zero-order chi connectivity index (χ0) is 11.7. The minimum absolute atomic E-state index is 0.326. The van der Waals surface area contributed by atoms with Crippen molar-refractivity contribution < 1.29 is 9.90 Å². The Balaban J connectivity index is 1.97. The van der Waals surface area contributed by atoms with Crippen molar-refractivity contribution in [2.45, 2.75) is 38.3 Å². The Morgan fingerprint density at radius 1 is 1.38 bits per heavy atom. The molecular weight excluding hydrogens is 204 g/mol. The van der Waals surface area contributed by atoms with Crippen LogP contribution in [-0.2, 0) is 4.79 Å². The third-order valence-corrected chi connectivity index (χ3v) is 4.28. The molecule has 0 bridgehead atoms. The molecule has 0 aromatic rings. The molecule has 1 N–H and O–H groups in total. The van der Waals surface area contributed by atoms with Crippen LogP contribution in [0.5, 0.6) is 0 Å². The van der Waals surface area contributed by atoms with Crippen LogP contribution in [0.3, 0.4) is 0 Å². The number of carbonyl (C=O) groups is 1. The lowest BCUT2D eigenvalue weighted by Gasteiger charge is -2.46. The topological polar surface area (TPSA) is 43.8 Å². The minimum Gasteiger partial charge on any atom is -0.480 e. The van der Waals surface area contributed by atoms with E-state index in [9.17, 15) is 4.79 Å². The Morgan fingerprint density at radius 3 is 2.81 bits per heavy atom. The van der Waals surface area contributed by atoms with Crippen LogP contribution in [0.1, 0.15) is 26.2 Å². The van der Waals surface area contributed by atoms with Crippen molar-refractivity contribution in [1.82, 2.24) is 9.80 Å². The van der Waals surface area contributed by atoms with Crippen molar-refractivity contribution in [3.05, 3.63) is 0 Å². The molecule has 2 fully saturated rings. The summed E-state index contributed by atoms with van der Waals surface area (Å²) in [6, 6.07) is 0.360. The number of hydrogen-bond donors (Lipinski definition) is 1. The van der Waals surface area contributed by atoms with E-state index < -0.39 is 5.97 Å². The fraction of sp³-hybridized carbons (Fsp3) is 0.917. The molecule has 0 spiro atoms. The van der Waals surface area contributed by atoms with E-state index in [-0.39, 0.29) is 6.04 Å². The molecule has 4 heteroatoms. The zero-order valence-corrected chi connectivity index (χ0v) is 10.2. The highest BCUT2D eigenvalue weighted by atomic mass is 16.4. The van der Waals surface area contributed by atoms with E-state index in [1.54, 1.807) is 6.92 Å². The van der Waals surface area contributed by atoms with Crippen LogP contribution >= 0.6 is 0 Å². The SMILES string of the molecule is CC(C(=O)O)N1CCC2C(CCCN2C)C1. The number of aliphatic carboxylic acids is 1. The summed E-state index contributed by atoms with van der Waals surface area (Å²) in [5, 5.41) is 9.03. The standard InChI is InChI=1S/C12H22N2O2/c1-9(12(15)16)14-7-5-11-10(8-14)4-3-6-13(11)2/h9-11H,3-8H2,1-2H3,(H,15,16). The van der Waals surface area contributed by atoms with Gasteiger partial charge in [-0.3, -0.25) is 9.69 Å². The average Bonchev–Trinajstić information content (AvgIpc) is 2.28. The molecule has 0 aliphatic carbocycles. The quantitative estimate of drug-likeness (QED) is 0.759. The third kappa shape index (κ3) is 2.23. The Morgan fingerprint density at radius 2 is 2.12 bits per heavy atom. The first-order valence-corrected chi connectivity index (χ1v) is 6.26. The maximum absolute atomic E-state index is 11.0. The van der Waals surface area contributed by atoms with Crippen molar-refractivity contribution in [1.29, 1.82) is 0 Å². The van der Waals surface area contributed by atoms with Crippen LogP contribution in [0, 0.1) is 5.92 Å². The van der Waals surface area contributed by atoms with E-state index in [4.69, 9.17) is 5.11 Å². The van der Waals surface area contributed by atoms with Gasteiger partial charge in [-0.25, -0.2) is 0 Å². The summed E-state index contributed by atoms with van der Waals surface area (Å²) in [5.74, 6) is -0.0167. The van der Waals surface area contributed by atoms with Gasteiger partial charge in [0.15, 0.2) is 0 Å². The second-order valence-corrected chi connectivity index (χ2v) is 5.25. The van der Waals surface area contributed by atoms with Gasteiger partial charge in [-0.1, -0.05) is 0 Å². The molecule has 3 unspecified atom stereocenters. The number of piperidine rings is 2. The predicted molar refractivity (Wildman–Crippen MR) is 62.4 cm³/mol. The van der Waals surface area contributed by atoms with Crippen LogP contribution in [0.25, 0.3) is 0 Å². The molecule has 0 aromatic carbocycles. The molecular formula is C12H22N2O2.